The minimum Gasteiger partial charge on any atom is -0.489 e. The Morgan fingerprint density at radius 2 is 1.64 bits per heavy atom. The third kappa shape index (κ3) is 4.39. The van der Waals surface area contributed by atoms with Crippen molar-refractivity contribution in [3.63, 3.8) is 0 Å². The maximum atomic E-state index is 12.8. The average Bonchev–Trinajstić information content (AvgIpc) is 3.26. The summed E-state index contributed by atoms with van der Waals surface area (Å²) in [7, 11) is 0. The van der Waals surface area contributed by atoms with Crippen LogP contribution in [0.3, 0.4) is 0 Å². The molecule has 0 spiro atoms. The van der Waals surface area contributed by atoms with Gasteiger partial charge in [-0.15, -0.1) is 0 Å². The Hall–Kier alpha value is -2.33. The lowest BCUT2D eigenvalue weighted by Crippen LogP contribution is -2.38. The number of amides is 1. The van der Waals surface area contributed by atoms with Gasteiger partial charge in [0.05, 0.1) is 5.56 Å². The Bertz CT molecular complexity index is 806. The number of likely N-dealkylation sites (tertiary alicyclic amines) is 2. The molecule has 2 saturated heterocycles. The molecule has 0 unspecified atom stereocenters. The summed E-state index contributed by atoms with van der Waals surface area (Å²) in [6.45, 7) is 6.97. The fraction of sp³-hybridized carbons (Fsp3) is 0.458. The van der Waals surface area contributed by atoms with E-state index in [1.165, 1.54) is 11.1 Å². The van der Waals surface area contributed by atoms with Crippen molar-refractivity contribution in [2.45, 2.75) is 45.3 Å². The number of hydrogen-bond donors (Lipinski definition) is 0. The Morgan fingerprint density at radius 1 is 0.964 bits per heavy atom. The van der Waals surface area contributed by atoms with E-state index in [2.05, 4.69) is 36.1 Å². The molecule has 2 aliphatic heterocycles. The first-order valence-electron chi connectivity index (χ1n) is 10.5. The van der Waals surface area contributed by atoms with Crippen molar-refractivity contribution in [1.29, 1.82) is 0 Å². The molecule has 4 rings (SSSR count). The van der Waals surface area contributed by atoms with Gasteiger partial charge in [-0.1, -0.05) is 36.4 Å². The number of ether oxygens (including phenoxy) is 1. The molecule has 0 saturated carbocycles. The zero-order valence-corrected chi connectivity index (χ0v) is 16.8. The van der Waals surface area contributed by atoms with Crippen LogP contribution >= 0.6 is 0 Å². The van der Waals surface area contributed by atoms with Gasteiger partial charge in [-0.05, 0) is 55.9 Å². The molecular weight excluding hydrogens is 348 g/mol. The van der Waals surface area contributed by atoms with Gasteiger partial charge in [0.1, 0.15) is 11.9 Å². The fourth-order valence-electron chi connectivity index (χ4n) is 4.23. The minimum absolute atomic E-state index is 0.116. The second-order valence-electron chi connectivity index (χ2n) is 8.02. The summed E-state index contributed by atoms with van der Waals surface area (Å²) in [5, 5.41) is 0. The van der Waals surface area contributed by atoms with E-state index < -0.39 is 0 Å². The molecule has 0 aliphatic carbocycles. The summed E-state index contributed by atoms with van der Waals surface area (Å²) in [6, 6.07) is 16.4. The summed E-state index contributed by atoms with van der Waals surface area (Å²) in [4.78, 5) is 17.3. The average molecular weight is 379 g/mol. The van der Waals surface area contributed by atoms with Gasteiger partial charge in [0.25, 0.3) is 5.91 Å². The van der Waals surface area contributed by atoms with Gasteiger partial charge in [0.15, 0.2) is 0 Å². The predicted molar refractivity (Wildman–Crippen MR) is 112 cm³/mol. The molecule has 148 valence electrons. The van der Waals surface area contributed by atoms with Gasteiger partial charge >= 0.3 is 0 Å². The van der Waals surface area contributed by atoms with Crippen molar-refractivity contribution in [2.75, 3.05) is 26.2 Å². The van der Waals surface area contributed by atoms with E-state index in [4.69, 9.17) is 4.74 Å². The molecular formula is C24H30N2O2. The van der Waals surface area contributed by atoms with Crippen LogP contribution < -0.4 is 4.74 Å². The summed E-state index contributed by atoms with van der Waals surface area (Å²) in [5.74, 6) is 0.863. The molecule has 28 heavy (non-hydrogen) atoms. The molecule has 0 bridgehead atoms. The van der Waals surface area contributed by atoms with Crippen molar-refractivity contribution in [3.05, 3.63) is 65.2 Å². The van der Waals surface area contributed by atoms with Gasteiger partial charge in [0.2, 0.25) is 0 Å². The molecule has 1 amide bonds. The van der Waals surface area contributed by atoms with Gasteiger partial charge in [0, 0.05) is 32.7 Å². The standard InChI is InChI=1S/C24H30N2O2/c1-19-8-2-3-9-20(19)18-25-16-12-21(13-17-25)28-23-11-5-4-10-22(23)24(27)26-14-6-7-15-26/h2-5,8-11,21H,6-7,12-18H2,1H3. The van der Waals surface area contributed by atoms with Crippen molar-refractivity contribution < 1.29 is 9.53 Å². The third-order valence-electron chi connectivity index (χ3n) is 5.99. The largest absolute Gasteiger partial charge is 0.489 e. The number of rotatable bonds is 5. The zero-order chi connectivity index (χ0) is 19.3. The zero-order valence-electron chi connectivity index (χ0n) is 16.8. The van der Waals surface area contributed by atoms with E-state index in [9.17, 15) is 4.79 Å². The van der Waals surface area contributed by atoms with Crippen molar-refractivity contribution in [2.24, 2.45) is 0 Å². The molecule has 0 atom stereocenters. The van der Waals surface area contributed by atoms with Crippen molar-refractivity contribution in [1.82, 2.24) is 9.80 Å². The summed E-state index contributed by atoms with van der Waals surface area (Å²) >= 11 is 0. The van der Waals surface area contributed by atoms with Crippen LogP contribution in [0.2, 0.25) is 0 Å². The molecule has 2 aliphatic rings. The number of nitrogens with zero attached hydrogens (tertiary/aromatic N) is 2. The van der Waals surface area contributed by atoms with Crippen LogP contribution in [0.4, 0.5) is 0 Å². The molecule has 0 N–H and O–H groups in total. The van der Waals surface area contributed by atoms with E-state index >= 15 is 0 Å². The van der Waals surface area contributed by atoms with E-state index in [1.807, 2.05) is 29.2 Å². The number of aryl methyl sites for hydroxylation is 1. The first-order valence-corrected chi connectivity index (χ1v) is 10.5. The lowest BCUT2D eigenvalue weighted by atomic mass is 10.0. The minimum atomic E-state index is 0.116. The Balaban J connectivity index is 1.35. The van der Waals surface area contributed by atoms with Gasteiger partial charge in [-0.3, -0.25) is 9.69 Å². The van der Waals surface area contributed by atoms with Crippen LogP contribution in [0.25, 0.3) is 0 Å². The predicted octanol–water partition coefficient (Wildman–Crippen LogP) is 4.27. The number of benzene rings is 2. The first kappa shape index (κ1) is 19.0. The van der Waals surface area contributed by atoms with Crippen molar-refractivity contribution in [3.8, 4) is 5.75 Å². The highest BCUT2D eigenvalue weighted by Gasteiger charge is 2.25. The molecule has 0 radical (unpaired) electrons. The van der Waals surface area contributed by atoms with Gasteiger partial charge in [-0.2, -0.15) is 0 Å². The Morgan fingerprint density at radius 3 is 2.39 bits per heavy atom. The van der Waals surface area contributed by atoms with Crippen LogP contribution in [-0.4, -0.2) is 48.0 Å². The highest BCUT2D eigenvalue weighted by Crippen LogP contribution is 2.26. The Kier molecular flexibility index (Phi) is 5.96. The number of carbonyl (C=O) groups excluding carboxylic acids is 1. The van der Waals surface area contributed by atoms with Gasteiger partial charge in [-0.25, -0.2) is 0 Å². The van der Waals surface area contributed by atoms with Crippen LogP contribution in [0.15, 0.2) is 48.5 Å². The third-order valence-corrected chi connectivity index (χ3v) is 5.99. The highest BCUT2D eigenvalue weighted by atomic mass is 16.5. The Labute approximate surface area is 168 Å². The number of para-hydroxylation sites is 1. The van der Waals surface area contributed by atoms with E-state index in [0.717, 1.165) is 64.2 Å². The smallest absolute Gasteiger partial charge is 0.257 e. The monoisotopic (exact) mass is 378 g/mol. The fourth-order valence-corrected chi connectivity index (χ4v) is 4.23. The molecule has 2 fully saturated rings. The summed E-state index contributed by atoms with van der Waals surface area (Å²) in [6.07, 6.45) is 4.39. The van der Waals surface area contributed by atoms with Crippen LogP contribution in [0, 0.1) is 6.92 Å². The molecule has 0 aromatic heterocycles. The lowest BCUT2D eigenvalue weighted by molar-refractivity contribution is 0.0765. The van der Waals surface area contributed by atoms with E-state index in [-0.39, 0.29) is 12.0 Å². The maximum absolute atomic E-state index is 12.8. The van der Waals surface area contributed by atoms with Crippen LogP contribution in [-0.2, 0) is 6.54 Å². The summed E-state index contributed by atoms with van der Waals surface area (Å²) in [5.41, 5.74) is 3.48. The molecule has 2 aromatic rings. The van der Waals surface area contributed by atoms with Crippen LogP contribution in [0.1, 0.15) is 47.2 Å². The quantitative estimate of drug-likeness (QED) is 0.779. The number of carbonyl (C=O) groups is 1. The topological polar surface area (TPSA) is 32.8 Å². The second kappa shape index (κ2) is 8.78. The molecule has 2 aromatic carbocycles. The maximum Gasteiger partial charge on any atom is 0.257 e. The van der Waals surface area contributed by atoms with Gasteiger partial charge < -0.3 is 9.64 Å². The summed E-state index contributed by atoms with van der Waals surface area (Å²) < 4.78 is 6.32. The second-order valence-corrected chi connectivity index (χ2v) is 8.02. The first-order chi connectivity index (χ1) is 13.7. The normalized spacial score (nSPS) is 18.4. The molecule has 4 nitrogen and oxygen atoms in total. The van der Waals surface area contributed by atoms with Crippen LogP contribution in [0.5, 0.6) is 5.75 Å². The van der Waals surface area contributed by atoms with Crippen molar-refractivity contribution >= 4 is 5.91 Å². The SMILES string of the molecule is Cc1ccccc1CN1CCC(Oc2ccccc2C(=O)N2CCCC2)CC1. The highest BCUT2D eigenvalue weighted by molar-refractivity contribution is 5.97. The van der Waals surface area contributed by atoms with E-state index in [0.29, 0.717) is 5.56 Å². The van der Waals surface area contributed by atoms with E-state index in [1.54, 1.807) is 0 Å². The lowest BCUT2D eigenvalue weighted by Gasteiger charge is -2.33. The number of hydrogen-bond acceptors (Lipinski definition) is 3. The number of piperidine rings is 1. The molecule has 2 heterocycles. The molecule has 4 heteroatoms.